The first-order chi connectivity index (χ1) is 11.6. The summed E-state index contributed by atoms with van der Waals surface area (Å²) in [5.74, 6) is 0.0231. The van der Waals surface area contributed by atoms with Crippen LogP contribution in [-0.4, -0.2) is 28.8 Å². The van der Waals surface area contributed by atoms with E-state index in [0.29, 0.717) is 13.0 Å². The summed E-state index contributed by atoms with van der Waals surface area (Å²) in [4.78, 5) is 26.9. The van der Waals surface area contributed by atoms with Gasteiger partial charge in [0.05, 0.1) is 0 Å². The predicted molar refractivity (Wildman–Crippen MR) is 96.4 cm³/mol. The molecule has 4 heteroatoms. The Labute approximate surface area is 145 Å². The maximum absolute atomic E-state index is 12.6. The van der Waals surface area contributed by atoms with Gasteiger partial charge in [-0.05, 0) is 31.7 Å². The molecule has 1 unspecified atom stereocenters. The molecule has 0 spiro atoms. The summed E-state index contributed by atoms with van der Waals surface area (Å²) < 4.78 is 0. The average Bonchev–Trinajstić information content (AvgIpc) is 2.61. The number of amides is 2. The van der Waals surface area contributed by atoms with Gasteiger partial charge in [-0.25, -0.2) is 0 Å². The van der Waals surface area contributed by atoms with Gasteiger partial charge in [0.25, 0.3) is 0 Å². The number of carbonyl (C=O) groups is 2. The van der Waals surface area contributed by atoms with E-state index in [1.165, 1.54) is 19.3 Å². The SMILES string of the molecule is CCCC(=O)N(Cc1ccccc1)C(C)C(=O)NC1CCCCC1. The number of nitrogens with zero attached hydrogens (tertiary/aromatic N) is 1. The van der Waals surface area contributed by atoms with Crippen molar-refractivity contribution >= 4 is 11.8 Å². The van der Waals surface area contributed by atoms with Gasteiger partial charge in [0, 0.05) is 19.0 Å². The first-order valence-corrected chi connectivity index (χ1v) is 9.25. The fourth-order valence-electron chi connectivity index (χ4n) is 3.29. The lowest BCUT2D eigenvalue weighted by atomic mass is 9.95. The van der Waals surface area contributed by atoms with Crippen LogP contribution in [0.25, 0.3) is 0 Å². The Morgan fingerprint density at radius 1 is 1.17 bits per heavy atom. The Hall–Kier alpha value is -1.84. The van der Waals surface area contributed by atoms with E-state index in [9.17, 15) is 9.59 Å². The number of benzene rings is 1. The highest BCUT2D eigenvalue weighted by Gasteiger charge is 2.27. The molecule has 1 N–H and O–H groups in total. The van der Waals surface area contributed by atoms with Crippen LogP contribution in [0.5, 0.6) is 0 Å². The van der Waals surface area contributed by atoms with Crippen molar-refractivity contribution in [3.05, 3.63) is 35.9 Å². The molecule has 24 heavy (non-hydrogen) atoms. The minimum atomic E-state index is -0.439. The maximum Gasteiger partial charge on any atom is 0.242 e. The van der Waals surface area contributed by atoms with Gasteiger partial charge in [-0.15, -0.1) is 0 Å². The highest BCUT2D eigenvalue weighted by molar-refractivity contribution is 5.87. The highest BCUT2D eigenvalue weighted by Crippen LogP contribution is 2.18. The zero-order valence-corrected chi connectivity index (χ0v) is 15.0. The summed E-state index contributed by atoms with van der Waals surface area (Å²) in [5.41, 5.74) is 1.05. The van der Waals surface area contributed by atoms with Gasteiger partial charge in [-0.3, -0.25) is 9.59 Å². The van der Waals surface area contributed by atoms with Crippen molar-refractivity contribution in [2.75, 3.05) is 0 Å². The van der Waals surface area contributed by atoms with E-state index in [0.717, 1.165) is 24.8 Å². The zero-order chi connectivity index (χ0) is 17.4. The summed E-state index contributed by atoms with van der Waals surface area (Å²) in [5, 5.41) is 3.15. The molecule has 2 rings (SSSR count). The van der Waals surface area contributed by atoms with E-state index in [4.69, 9.17) is 0 Å². The van der Waals surface area contributed by atoms with Crippen LogP contribution in [0.1, 0.15) is 64.4 Å². The van der Waals surface area contributed by atoms with E-state index < -0.39 is 6.04 Å². The molecule has 1 aliphatic carbocycles. The van der Waals surface area contributed by atoms with Crippen LogP contribution < -0.4 is 5.32 Å². The Kier molecular flexibility index (Phi) is 7.29. The number of carbonyl (C=O) groups excluding carboxylic acids is 2. The lowest BCUT2D eigenvalue weighted by Crippen LogP contribution is -2.50. The summed E-state index contributed by atoms with van der Waals surface area (Å²) in [6.45, 7) is 4.32. The molecule has 1 aliphatic rings. The Balaban J connectivity index is 2.03. The number of rotatable bonds is 7. The van der Waals surface area contributed by atoms with Crippen LogP contribution in [0.15, 0.2) is 30.3 Å². The minimum Gasteiger partial charge on any atom is -0.352 e. The van der Waals surface area contributed by atoms with Crippen molar-refractivity contribution in [3.63, 3.8) is 0 Å². The quantitative estimate of drug-likeness (QED) is 0.829. The Morgan fingerprint density at radius 2 is 1.83 bits per heavy atom. The van der Waals surface area contributed by atoms with Gasteiger partial charge in [0.1, 0.15) is 6.04 Å². The second kappa shape index (κ2) is 9.45. The molecule has 0 aliphatic heterocycles. The van der Waals surface area contributed by atoms with Crippen molar-refractivity contribution in [1.29, 1.82) is 0 Å². The number of hydrogen-bond acceptors (Lipinski definition) is 2. The number of hydrogen-bond donors (Lipinski definition) is 1. The molecule has 1 aromatic rings. The molecule has 0 bridgehead atoms. The average molecular weight is 330 g/mol. The third-order valence-electron chi connectivity index (χ3n) is 4.78. The van der Waals surface area contributed by atoms with Gasteiger partial charge >= 0.3 is 0 Å². The third-order valence-corrected chi connectivity index (χ3v) is 4.78. The third kappa shape index (κ3) is 5.36. The molecular weight excluding hydrogens is 300 g/mol. The first-order valence-electron chi connectivity index (χ1n) is 9.25. The fourth-order valence-corrected chi connectivity index (χ4v) is 3.29. The maximum atomic E-state index is 12.6. The molecule has 2 amide bonds. The van der Waals surface area contributed by atoms with E-state index in [1.54, 1.807) is 4.90 Å². The van der Waals surface area contributed by atoms with Crippen LogP contribution in [0, 0.1) is 0 Å². The Bertz CT molecular complexity index is 524. The van der Waals surface area contributed by atoms with Crippen molar-refractivity contribution in [2.24, 2.45) is 0 Å². The fraction of sp³-hybridized carbons (Fsp3) is 0.600. The van der Waals surface area contributed by atoms with Crippen LogP contribution in [0.3, 0.4) is 0 Å². The molecule has 0 radical (unpaired) electrons. The second-order valence-electron chi connectivity index (χ2n) is 6.78. The Morgan fingerprint density at radius 3 is 2.46 bits per heavy atom. The van der Waals surface area contributed by atoms with Crippen molar-refractivity contribution in [2.45, 2.75) is 77.4 Å². The smallest absolute Gasteiger partial charge is 0.242 e. The van der Waals surface area contributed by atoms with Gasteiger partial charge < -0.3 is 10.2 Å². The van der Waals surface area contributed by atoms with Gasteiger partial charge in [-0.2, -0.15) is 0 Å². The molecule has 1 atom stereocenters. The second-order valence-corrected chi connectivity index (χ2v) is 6.78. The first kappa shape index (κ1) is 18.5. The van der Waals surface area contributed by atoms with Crippen LogP contribution in [-0.2, 0) is 16.1 Å². The molecule has 0 saturated heterocycles. The van der Waals surface area contributed by atoms with E-state index >= 15 is 0 Å². The topological polar surface area (TPSA) is 49.4 Å². The van der Waals surface area contributed by atoms with Crippen LogP contribution in [0.4, 0.5) is 0 Å². The van der Waals surface area contributed by atoms with Crippen molar-refractivity contribution < 1.29 is 9.59 Å². The normalized spacial score (nSPS) is 16.4. The van der Waals surface area contributed by atoms with Crippen LogP contribution >= 0.6 is 0 Å². The highest BCUT2D eigenvalue weighted by atomic mass is 16.2. The molecule has 1 aromatic carbocycles. The molecule has 132 valence electrons. The molecule has 1 saturated carbocycles. The summed E-state index contributed by atoms with van der Waals surface area (Å²) in [7, 11) is 0. The van der Waals surface area contributed by atoms with E-state index in [2.05, 4.69) is 5.32 Å². The molecule has 0 aromatic heterocycles. The molecule has 1 fully saturated rings. The summed E-state index contributed by atoms with van der Waals surface area (Å²) in [6.07, 6.45) is 7.01. The molecular formula is C20H30N2O2. The summed E-state index contributed by atoms with van der Waals surface area (Å²) in [6, 6.07) is 9.71. The van der Waals surface area contributed by atoms with E-state index in [-0.39, 0.29) is 17.9 Å². The largest absolute Gasteiger partial charge is 0.352 e. The molecule has 4 nitrogen and oxygen atoms in total. The standard InChI is InChI=1S/C20H30N2O2/c1-3-10-19(23)22(15-17-11-6-4-7-12-17)16(2)20(24)21-18-13-8-5-9-14-18/h4,6-7,11-12,16,18H,3,5,8-10,13-15H2,1-2H3,(H,21,24). The minimum absolute atomic E-state index is 0.0257. The summed E-state index contributed by atoms with van der Waals surface area (Å²) >= 11 is 0. The van der Waals surface area contributed by atoms with Crippen molar-refractivity contribution in [3.8, 4) is 0 Å². The predicted octanol–water partition coefficient (Wildman–Crippen LogP) is 3.65. The zero-order valence-electron chi connectivity index (χ0n) is 15.0. The van der Waals surface area contributed by atoms with Crippen LogP contribution in [0.2, 0.25) is 0 Å². The van der Waals surface area contributed by atoms with Gasteiger partial charge in [0.2, 0.25) is 11.8 Å². The molecule has 0 heterocycles. The lowest BCUT2D eigenvalue weighted by Gasteiger charge is -2.31. The number of nitrogens with one attached hydrogen (secondary N) is 1. The monoisotopic (exact) mass is 330 g/mol. The van der Waals surface area contributed by atoms with Crippen molar-refractivity contribution in [1.82, 2.24) is 10.2 Å². The van der Waals surface area contributed by atoms with Gasteiger partial charge in [0.15, 0.2) is 0 Å². The lowest BCUT2D eigenvalue weighted by molar-refractivity contribution is -0.141. The van der Waals surface area contributed by atoms with E-state index in [1.807, 2.05) is 44.2 Å². The van der Waals surface area contributed by atoms with Gasteiger partial charge in [-0.1, -0.05) is 56.5 Å².